The number of nitrogens with one attached hydrogen (secondary N) is 2. The summed E-state index contributed by atoms with van der Waals surface area (Å²) in [7, 11) is -1.12. The zero-order valence-corrected chi connectivity index (χ0v) is 22.2. The number of ether oxygens (including phenoxy) is 2. The molecule has 10 nitrogen and oxygen atoms in total. The molecular formula is C23H38N6O4Si. The molecule has 0 atom stereocenters. The van der Waals surface area contributed by atoms with Crippen LogP contribution in [-0.4, -0.2) is 71.0 Å². The highest BCUT2D eigenvalue weighted by molar-refractivity contribution is 6.76. The van der Waals surface area contributed by atoms with Gasteiger partial charge >= 0.3 is 12.1 Å². The topological polar surface area (TPSA) is 111 Å². The Hall–Kier alpha value is -2.66. The first-order valence-electron chi connectivity index (χ1n) is 11.8. The van der Waals surface area contributed by atoms with Gasteiger partial charge in [-0.2, -0.15) is 0 Å². The normalized spacial score (nSPS) is 15.4. The van der Waals surface area contributed by atoms with Gasteiger partial charge in [-0.1, -0.05) is 19.6 Å². The van der Waals surface area contributed by atoms with Gasteiger partial charge in [0, 0.05) is 40.0 Å². The molecule has 0 aromatic carbocycles. The van der Waals surface area contributed by atoms with E-state index in [1.54, 1.807) is 11.1 Å². The molecule has 3 heterocycles. The summed E-state index contributed by atoms with van der Waals surface area (Å²) in [5.74, 6) is 0.383. The van der Waals surface area contributed by atoms with E-state index in [0.717, 1.165) is 12.7 Å². The lowest BCUT2D eigenvalue weighted by molar-refractivity contribution is 0.0202. The number of rotatable bonds is 7. The molecule has 0 aliphatic carbocycles. The molecule has 3 amide bonds. The summed E-state index contributed by atoms with van der Waals surface area (Å²) in [5, 5.41) is 5.72. The summed E-state index contributed by atoms with van der Waals surface area (Å²) in [4.78, 5) is 35.3. The number of carbonyl (C=O) groups excluding carboxylic acids is 2. The highest BCUT2D eigenvalue weighted by Gasteiger charge is 2.27. The van der Waals surface area contributed by atoms with E-state index in [1.165, 1.54) is 0 Å². The molecule has 1 saturated heterocycles. The molecule has 0 bridgehead atoms. The van der Waals surface area contributed by atoms with Gasteiger partial charge in [0.2, 0.25) is 0 Å². The Kier molecular flexibility index (Phi) is 8.19. The third-order valence-corrected chi connectivity index (χ3v) is 7.12. The molecule has 2 aromatic heterocycles. The van der Waals surface area contributed by atoms with Crippen LogP contribution in [0.2, 0.25) is 25.7 Å². The summed E-state index contributed by atoms with van der Waals surface area (Å²) in [6.07, 6.45) is 4.45. The maximum absolute atomic E-state index is 12.5. The van der Waals surface area contributed by atoms with E-state index >= 15 is 0 Å². The number of urea groups is 1. The van der Waals surface area contributed by atoms with Crippen LogP contribution in [0.5, 0.6) is 0 Å². The van der Waals surface area contributed by atoms with Crippen molar-refractivity contribution in [3.8, 4) is 0 Å². The molecule has 34 heavy (non-hydrogen) atoms. The van der Waals surface area contributed by atoms with E-state index < -0.39 is 13.7 Å². The van der Waals surface area contributed by atoms with Gasteiger partial charge in [-0.15, -0.1) is 0 Å². The van der Waals surface area contributed by atoms with Crippen molar-refractivity contribution in [1.82, 2.24) is 24.8 Å². The molecular weight excluding hydrogens is 452 g/mol. The van der Waals surface area contributed by atoms with E-state index in [-0.39, 0.29) is 18.2 Å². The van der Waals surface area contributed by atoms with Gasteiger partial charge in [0.05, 0.1) is 6.20 Å². The molecule has 11 heteroatoms. The van der Waals surface area contributed by atoms with Crippen LogP contribution in [0.25, 0.3) is 11.2 Å². The van der Waals surface area contributed by atoms with E-state index in [0.29, 0.717) is 49.6 Å². The quantitative estimate of drug-likeness (QED) is 0.443. The van der Waals surface area contributed by atoms with E-state index in [1.807, 2.05) is 37.6 Å². The second-order valence-corrected chi connectivity index (χ2v) is 16.6. The minimum atomic E-state index is -1.12. The van der Waals surface area contributed by atoms with Gasteiger partial charge in [-0.05, 0) is 45.7 Å². The summed E-state index contributed by atoms with van der Waals surface area (Å²) in [5.41, 5.74) is 0.890. The Morgan fingerprint density at radius 3 is 2.56 bits per heavy atom. The standard InChI is InChI=1S/C23H38N6O4Si/c1-23(2,3)33-22(31)28-10-7-17(8-11-28)25-21(30)27-19-15-24-20-18(26-19)9-12-29(20)16-32-13-14-34(4,5)6/h9,12,15,17H,7-8,10-11,13-14,16H2,1-6H3,(H2,25,26,27,30). The van der Waals surface area contributed by atoms with Crippen molar-refractivity contribution in [2.75, 3.05) is 25.0 Å². The Morgan fingerprint density at radius 2 is 1.91 bits per heavy atom. The number of hydrogen-bond acceptors (Lipinski definition) is 6. The number of anilines is 1. The number of amides is 3. The van der Waals surface area contributed by atoms with E-state index in [4.69, 9.17) is 9.47 Å². The monoisotopic (exact) mass is 490 g/mol. The van der Waals surface area contributed by atoms with E-state index in [2.05, 4.69) is 40.2 Å². The molecule has 1 fully saturated rings. The zero-order valence-electron chi connectivity index (χ0n) is 21.2. The first-order chi connectivity index (χ1) is 15.9. The average Bonchev–Trinajstić information content (AvgIpc) is 3.12. The van der Waals surface area contributed by atoms with Crippen LogP contribution in [0.3, 0.4) is 0 Å². The molecule has 2 N–H and O–H groups in total. The number of nitrogens with zero attached hydrogens (tertiary/aromatic N) is 4. The van der Waals surface area contributed by atoms with Gasteiger partial charge in [-0.25, -0.2) is 19.6 Å². The van der Waals surface area contributed by atoms with Gasteiger partial charge in [0.25, 0.3) is 0 Å². The van der Waals surface area contributed by atoms with Gasteiger partial charge < -0.3 is 24.3 Å². The van der Waals surface area contributed by atoms with Crippen molar-refractivity contribution < 1.29 is 19.1 Å². The van der Waals surface area contributed by atoms with Crippen LogP contribution in [0.1, 0.15) is 33.6 Å². The van der Waals surface area contributed by atoms with Crippen LogP contribution in [-0.2, 0) is 16.2 Å². The SMILES string of the molecule is CC(C)(C)OC(=O)N1CCC(NC(=O)Nc2cnc3c(ccn3COCC[Si](C)(C)C)n2)CC1. The zero-order chi connectivity index (χ0) is 24.9. The van der Waals surface area contributed by atoms with Crippen molar-refractivity contribution >= 4 is 37.2 Å². The van der Waals surface area contributed by atoms with Gasteiger partial charge in [0.15, 0.2) is 11.5 Å². The number of aromatic nitrogens is 3. The maximum atomic E-state index is 12.5. The Balaban J connectivity index is 1.46. The molecule has 2 aromatic rings. The summed E-state index contributed by atoms with van der Waals surface area (Å²) in [6, 6.07) is 2.61. The minimum Gasteiger partial charge on any atom is -0.444 e. The molecule has 188 valence electrons. The highest BCUT2D eigenvalue weighted by atomic mass is 28.3. The lowest BCUT2D eigenvalue weighted by atomic mass is 10.1. The molecule has 1 aliphatic heterocycles. The van der Waals surface area contributed by atoms with Crippen LogP contribution in [0.15, 0.2) is 18.5 Å². The molecule has 0 saturated carbocycles. The van der Waals surface area contributed by atoms with Crippen LogP contribution in [0.4, 0.5) is 15.4 Å². The number of fused-ring (bicyclic) bond motifs is 1. The number of carbonyl (C=O) groups is 2. The predicted octanol–water partition coefficient (Wildman–Crippen LogP) is 4.26. The fraction of sp³-hybridized carbons (Fsp3) is 0.652. The third kappa shape index (κ3) is 7.98. The Bertz CT molecular complexity index is 989. The lowest BCUT2D eigenvalue weighted by Gasteiger charge is -2.33. The number of likely N-dealkylation sites (tertiary alicyclic amines) is 1. The van der Waals surface area contributed by atoms with Gasteiger partial charge in [0.1, 0.15) is 17.8 Å². The number of hydrogen-bond donors (Lipinski definition) is 2. The average molecular weight is 491 g/mol. The first kappa shape index (κ1) is 26.0. The van der Waals surface area contributed by atoms with Crippen molar-refractivity contribution in [3.05, 3.63) is 18.5 Å². The molecule has 1 aliphatic rings. The van der Waals surface area contributed by atoms with Crippen molar-refractivity contribution in [2.45, 2.75) is 77.7 Å². The second-order valence-electron chi connectivity index (χ2n) is 10.9. The Labute approximate surface area is 202 Å². The third-order valence-electron chi connectivity index (χ3n) is 5.41. The van der Waals surface area contributed by atoms with Crippen LogP contribution < -0.4 is 10.6 Å². The van der Waals surface area contributed by atoms with Crippen molar-refractivity contribution in [1.29, 1.82) is 0 Å². The minimum absolute atomic E-state index is 0.0234. The molecule has 0 radical (unpaired) electrons. The lowest BCUT2D eigenvalue weighted by Crippen LogP contribution is -2.48. The smallest absolute Gasteiger partial charge is 0.410 e. The largest absolute Gasteiger partial charge is 0.444 e. The fourth-order valence-electron chi connectivity index (χ4n) is 3.54. The van der Waals surface area contributed by atoms with Crippen LogP contribution >= 0.6 is 0 Å². The van der Waals surface area contributed by atoms with Gasteiger partial charge in [-0.3, -0.25) is 5.32 Å². The van der Waals surface area contributed by atoms with Crippen LogP contribution in [0, 0.1) is 0 Å². The summed E-state index contributed by atoms with van der Waals surface area (Å²) >= 11 is 0. The maximum Gasteiger partial charge on any atom is 0.410 e. The number of piperidine rings is 1. The Morgan fingerprint density at radius 1 is 1.21 bits per heavy atom. The second kappa shape index (κ2) is 10.7. The molecule has 0 spiro atoms. The van der Waals surface area contributed by atoms with Crippen molar-refractivity contribution in [2.24, 2.45) is 0 Å². The summed E-state index contributed by atoms with van der Waals surface area (Å²) < 4.78 is 13.1. The first-order valence-corrected chi connectivity index (χ1v) is 15.6. The summed E-state index contributed by atoms with van der Waals surface area (Å²) in [6.45, 7) is 14.8. The van der Waals surface area contributed by atoms with Crippen molar-refractivity contribution in [3.63, 3.8) is 0 Å². The molecule has 0 unspecified atom stereocenters. The van der Waals surface area contributed by atoms with E-state index in [9.17, 15) is 9.59 Å². The molecule has 3 rings (SSSR count). The highest BCUT2D eigenvalue weighted by Crippen LogP contribution is 2.17. The predicted molar refractivity (Wildman–Crippen MR) is 135 cm³/mol. The fourth-order valence-corrected chi connectivity index (χ4v) is 4.29.